The molecule has 5 aromatic rings. The fourth-order valence-electron chi connectivity index (χ4n) is 4.72. The first-order valence-corrected chi connectivity index (χ1v) is 21.0. The molecule has 23 nitrogen and oxygen atoms in total. The zero-order valence-corrected chi connectivity index (χ0v) is 41.7. The third-order valence-corrected chi connectivity index (χ3v) is 11.3. The average Bonchev–Trinajstić information content (AvgIpc) is 3.16. The van der Waals surface area contributed by atoms with Gasteiger partial charge in [0, 0.05) is 23.0 Å². The molecule has 0 spiro atoms. The number of carbonyl (C=O) groups is 1. The predicted octanol–water partition coefficient (Wildman–Crippen LogP) is -4.86. The zero-order valence-electron chi connectivity index (χ0n) is 32.5. The molecule has 0 fully saturated rings. The van der Waals surface area contributed by atoms with Crippen LogP contribution in [-0.4, -0.2) is 62.6 Å². The molecule has 4 aromatic carbocycles. The van der Waals surface area contributed by atoms with Crippen molar-refractivity contribution in [2.75, 3.05) is 34.5 Å². The van der Waals surface area contributed by atoms with Crippen molar-refractivity contribution in [2.45, 2.75) is 14.7 Å². The van der Waals surface area contributed by atoms with Gasteiger partial charge in [-0.05, 0) is 72.8 Å². The molecule has 0 saturated carbocycles. The number of amides is 1. The number of halogens is 2. The third-order valence-electron chi connectivity index (χ3n) is 7.43. The normalized spacial score (nSPS) is 11.7. The summed E-state index contributed by atoms with van der Waals surface area (Å²) < 4.78 is 133. The summed E-state index contributed by atoms with van der Waals surface area (Å²) in [6.45, 7) is -0.326. The molecule has 0 radical (unpaired) electrons. The zero-order chi connectivity index (χ0) is 43.8. The molecular weight excluding hydrogens is 956 g/mol. The van der Waals surface area contributed by atoms with Gasteiger partial charge >= 0.3 is 94.8 Å². The van der Waals surface area contributed by atoms with Gasteiger partial charge in [-0.15, -0.1) is 19.7 Å². The van der Waals surface area contributed by atoms with E-state index in [0.717, 1.165) is 18.2 Å². The van der Waals surface area contributed by atoms with Crippen LogP contribution in [0.2, 0.25) is 0 Å². The number of nitrogens with one attached hydrogen (secondary N) is 2. The molecule has 0 aliphatic carbocycles. The van der Waals surface area contributed by atoms with Crippen LogP contribution in [0.25, 0.3) is 0 Å². The van der Waals surface area contributed by atoms with Crippen LogP contribution in [-0.2, 0) is 43.6 Å². The van der Waals surface area contributed by atoms with Crippen molar-refractivity contribution in [3.8, 4) is 0 Å². The van der Waals surface area contributed by atoms with Crippen LogP contribution in [0.15, 0.2) is 114 Å². The Bertz CT molecular complexity index is 2820. The molecule has 5 rings (SSSR count). The minimum atomic E-state index is -5.36. The first-order chi connectivity index (χ1) is 28.2. The van der Waals surface area contributed by atoms with Gasteiger partial charge in [0.15, 0.2) is 22.2 Å². The van der Waals surface area contributed by atoms with Crippen LogP contribution in [0, 0.1) is 12.0 Å². The fourth-order valence-corrected chi connectivity index (χ4v) is 7.34. The maximum absolute atomic E-state index is 13.6. The van der Waals surface area contributed by atoms with Gasteiger partial charge in [0.05, 0.1) is 44.1 Å². The fraction of sp³-hybridized carbons (Fsp3) is 0.0645. The van der Waals surface area contributed by atoms with Gasteiger partial charge < -0.3 is 36.5 Å². The Kier molecular flexibility index (Phi) is 21.7. The number of hydrogen-bond acceptors (Lipinski definition) is 23. The summed E-state index contributed by atoms with van der Waals surface area (Å²) in [6.07, 6.45) is -1.44. The number of nitrogens with two attached hydrogens (primary N) is 2. The van der Waals surface area contributed by atoms with E-state index >= 15 is 0 Å². The Morgan fingerprint density at radius 2 is 1.37 bits per heavy atom. The van der Waals surface area contributed by atoms with E-state index in [-0.39, 0.29) is 135 Å². The van der Waals surface area contributed by atoms with Crippen molar-refractivity contribution in [2.24, 2.45) is 20.5 Å². The van der Waals surface area contributed by atoms with Gasteiger partial charge in [-0.25, -0.2) is 25.3 Å². The van der Waals surface area contributed by atoms with Gasteiger partial charge in [0.25, 0.3) is 5.91 Å². The molecule has 0 aliphatic heterocycles. The number of nitrogens with zero attached hydrogens (tertiary/aromatic N) is 6. The van der Waals surface area contributed by atoms with Gasteiger partial charge in [-0.3, -0.25) is 14.0 Å². The summed E-state index contributed by atoms with van der Waals surface area (Å²) in [7, 11) is -14.4. The molecule has 1 aromatic heterocycles. The van der Waals surface area contributed by atoms with E-state index in [0.29, 0.717) is 12.1 Å². The number of nitrogen functional groups attached to an aromatic ring is 2. The summed E-state index contributed by atoms with van der Waals surface area (Å²) in [5, 5.41) is 33.0. The molecule has 316 valence electrons. The smallest absolute Gasteiger partial charge is 0.744 e. The first-order valence-electron chi connectivity index (χ1n) is 15.8. The van der Waals surface area contributed by atoms with E-state index in [1.165, 1.54) is 48.5 Å². The van der Waals surface area contributed by atoms with Gasteiger partial charge in [0.2, 0.25) is 5.95 Å². The maximum Gasteiger partial charge on any atom is 1.00 e. The summed E-state index contributed by atoms with van der Waals surface area (Å²) in [4.78, 5) is 16.9. The van der Waals surface area contributed by atoms with Crippen molar-refractivity contribution in [1.82, 2.24) is 9.97 Å². The van der Waals surface area contributed by atoms with E-state index in [1.54, 1.807) is 0 Å². The molecule has 63 heavy (non-hydrogen) atoms. The number of rotatable bonds is 17. The molecule has 6 N–H and O–H groups in total. The topological polar surface area (TPSA) is 368 Å². The Morgan fingerprint density at radius 3 is 1.97 bits per heavy atom. The second-order valence-electron chi connectivity index (χ2n) is 11.4. The number of azo groups is 2. The van der Waals surface area contributed by atoms with Crippen molar-refractivity contribution in [1.29, 1.82) is 0 Å². The molecule has 1 heterocycles. The molecule has 32 heteroatoms. The maximum atomic E-state index is 13.6. The monoisotopic (exact) mass is 978 g/mol. The SMILES string of the molecule is Nc1c(N=Nc2cc(Nc3cc(F)nc(F)n3)ccc2S(=O)(=O)[O-])cc(S(=O)(=O)[O-])c(N)c1N=Nc1ccc(C(=O)Nc2ccc(S(=O)(=O)CCOSOO[O-])cc2)cc1.[Na+].[Na+].[Na+]. The van der Waals surface area contributed by atoms with Crippen LogP contribution in [0.5, 0.6) is 0 Å². The summed E-state index contributed by atoms with van der Waals surface area (Å²) >= 11 is 0.160. The van der Waals surface area contributed by atoms with Gasteiger partial charge in [0.1, 0.15) is 43.1 Å². The van der Waals surface area contributed by atoms with E-state index in [4.69, 9.17) is 15.7 Å². The van der Waals surface area contributed by atoms with Crippen molar-refractivity contribution < 1.29 is 155 Å². The second kappa shape index (κ2) is 24.4. The van der Waals surface area contributed by atoms with Crippen molar-refractivity contribution in [3.63, 3.8) is 0 Å². The van der Waals surface area contributed by atoms with Crippen LogP contribution in [0.3, 0.4) is 0 Å². The van der Waals surface area contributed by atoms with E-state index in [1.807, 2.05) is 0 Å². The van der Waals surface area contributed by atoms with Crippen LogP contribution >= 0.6 is 12.3 Å². The number of aromatic nitrogens is 2. The summed E-state index contributed by atoms with van der Waals surface area (Å²) in [5.74, 6) is -2.74. The molecule has 0 atom stereocenters. The second-order valence-corrected chi connectivity index (χ2v) is 16.7. The molecule has 0 aliphatic rings. The van der Waals surface area contributed by atoms with E-state index in [9.17, 15) is 53.2 Å². The summed E-state index contributed by atoms with van der Waals surface area (Å²) in [6, 6.07) is 14.4. The Balaban J connectivity index is 0.00000455. The minimum absolute atomic E-state index is 0. The molecular formula is C31H23F2N10Na3O13S4. The Labute approximate surface area is 426 Å². The van der Waals surface area contributed by atoms with Gasteiger partial charge in [-0.2, -0.15) is 23.9 Å². The molecule has 0 bridgehead atoms. The largest absolute Gasteiger partial charge is 1.00 e. The number of carbonyl (C=O) groups excluding carboxylic acids is 1. The standard InChI is InChI=1S/C31H26F2N10O13S4.3Na/c32-25-15-26(39-31(33)38-25)36-19-7-10-23(59(48,49)50)21(13-19)41-42-22-14-24(60(51,52)53)28(35)29(27(22)34)43-40-18-3-1-16(2-4-18)30(44)37-17-5-8-20(9-6-17)58(46,47)12-11-54-57-56-55-45;;;/h1-10,13-15,45H,11-12,34-35H2,(H,37,44)(H,36,38,39)(H,48,49,50)(H,51,52,53);;;/q;3*+1/p-3. The van der Waals surface area contributed by atoms with Crippen molar-refractivity contribution in [3.05, 3.63) is 96.5 Å². The Morgan fingerprint density at radius 1 is 0.746 bits per heavy atom. The van der Waals surface area contributed by atoms with Gasteiger partial charge in [-0.1, -0.05) is 0 Å². The average molecular weight is 979 g/mol. The quantitative estimate of drug-likeness (QED) is 0.00648. The third kappa shape index (κ3) is 15.8. The summed E-state index contributed by atoms with van der Waals surface area (Å²) in [5.41, 5.74) is 9.17. The predicted molar refractivity (Wildman–Crippen MR) is 200 cm³/mol. The van der Waals surface area contributed by atoms with Crippen LogP contribution in [0.4, 0.5) is 60.1 Å². The van der Waals surface area contributed by atoms with Crippen molar-refractivity contribution >= 4 is 99.6 Å². The molecule has 1 amide bonds. The van der Waals surface area contributed by atoms with Crippen LogP contribution in [0.1, 0.15) is 10.4 Å². The number of anilines is 5. The van der Waals surface area contributed by atoms with E-state index in [2.05, 4.69) is 50.4 Å². The van der Waals surface area contributed by atoms with E-state index < -0.39 is 97.8 Å². The van der Waals surface area contributed by atoms with Crippen LogP contribution < -0.4 is 116 Å². The Hall–Kier alpha value is -3.15. The molecule has 0 unspecified atom stereocenters. The minimum Gasteiger partial charge on any atom is -0.744 e. The molecule has 0 saturated heterocycles. The number of benzene rings is 4. The number of hydrogen-bond donors (Lipinski definition) is 4. The number of sulfone groups is 1. The first kappa shape index (κ1) is 56.0.